The summed E-state index contributed by atoms with van der Waals surface area (Å²) < 4.78 is 5.24. The van der Waals surface area contributed by atoms with Gasteiger partial charge in [-0.2, -0.15) is 0 Å². The van der Waals surface area contributed by atoms with Crippen LogP contribution in [0, 0.1) is 0 Å². The number of carboxylic acid groups (broad SMARTS) is 1. The van der Waals surface area contributed by atoms with Gasteiger partial charge in [0.1, 0.15) is 6.61 Å². The van der Waals surface area contributed by atoms with Crippen molar-refractivity contribution in [3.05, 3.63) is 17.8 Å². The first-order valence-electron chi connectivity index (χ1n) is 3.88. The van der Waals surface area contributed by atoms with Crippen molar-refractivity contribution in [3.8, 4) is 5.75 Å². The molecule has 2 N–H and O–H groups in total. The Morgan fingerprint density at radius 2 is 2.46 bits per heavy atom. The molecule has 5 heteroatoms. The number of hydrogen-bond donors (Lipinski definition) is 2. The van der Waals surface area contributed by atoms with Crippen LogP contribution in [0.25, 0.3) is 0 Å². The third-order valence-electron chi connectivity index (χ3n) is 1.73. The summed E-state index contributed by atoms with van der Waals surface area (Å²) in [5.74, 6) is 0.0811. The number of aromatic carboxylic acids is 1. The summed E-state index contributed by atoms with van der Waals surface area (Å²) in [5, 5.41) is 11.6. The van der Waals surface area contributed by atoms with E-state index in [1.165, 1.54) is 6.07 Å². The van der Waals surface area contributed by atoms with E-state index >= 15 is 0 Å². The smallest absolute Gasteiger partial charge is 0.354 e. The van der Waals surface area contributed by atoms with E-state index < -0.39 is 5.97 Å². The number of nitrogens with zero attached hydrogens (tertiary/aromatic N) is 1. The summed E-state index contributed by atoms with van der Waals surface area (Å²) in [6.45, 7) is 1.24. The molecule has 0 bridgehead atoms. The first kappa shape index (κ1) is 7.85. The molecule has 1 aliphatic heterocycles. The highest BCUT2D eigenvalue weighted by molar-refractivity contribution is 5.86. The van der Waals surface area contributed by atoms with E-state index in [1.54, 1.807) is 6.07 Å². The zero-order valence-corrected chi connectivity index (χ0v) is 6.78. The normalized spacial score (nSPS) is 13.8. The van der Waals surface area contributed by atoms with E-state index in [4.69, 9.17) is 9.84 Å². The summed E-state index contributed by atoms with van der Waals surface area (Å²) in [6.07, 6.45) is 0. The summed E-state index contributed by atoms with van der Waals surface area (Å²) >= 11 is 0. The lowest BCUT2D eigenvalue weighted by Gasteiger charge is -2.17. The molecule has 1 aromatic heterocycles. The molecule has 2 rings (SSSR count). The van der Waals surface area contributed by atoms with Gasteiger partial charge in [0.2, 0.25) is 0 Å². The molecule has 1 aromatic rings. The fourth-order valence-corrected chi connectivity index (χ4v) is 1.14. The minimum absolute atomic E-state index is 0.0248. The zero-order chi connectivity index (χ0) is 9.26. The van der Waals surface area contributed by atoms with Crippen molar-refractivity contribution >= 4 is 11.8 Å². The maximum atomic E-state index is 10.6. The van der Waals surface area contributed by atoms with Gasteiger partial charge in [0.25, 0.3) is 0 Å². The van der Waals surface area contributed by atoms with Crippen LogP contribution < -0.4 is 10.1 Å². The standard InChI is InChI=1S/C8H8N2O3/c11-8(12)5-1-2-6-7(10-5)9-3-4-13-6/h1-2H,3-4H2,(H,9,10)(H,11,12). The average molecular weight is 180 g/mol. The van der Waals surface area contributed by atoms with Crippen molar-refractivity contribution in [2.45, 2.75) is 0 Å². The van der Waals surface area contributed by atoms with Gasteiger partial charge in [-0.3, -0.25) is 0 Å². The van der Waals surface area contributed by atoms with Crippen LogP contribution in [0.3, 0.4) is 0 Å². The van der Waals surface area contributed by atoms with Crippen molar-refractivity contribution in [2.24, 2.45) is 0 Å². The number of carbonyl (C=O) groups is 1. The van der Waals surface area contributed by atoms with Gasteiger partial charge in [-0.25, -0.2) is 9.78 Å². The highest BCUT2D eigenvalue weighted by Gasteiger charge is 2.13. The van der Waals surface area contributed by atoms with Crippen LogP contribution in [0.4, 0.5) is 5.82 Å². The van der Waals surface area contributed by atoms with Crippen molar-refractivity contribution < 1.29 is 14.6 Å². The van der Waals surface area contributed by atoms with Crippen molar-refractivity contribution in [1.82, 2.24) is 4.98 Å². The molecular formula is C8H8N2O3. The molecule has 0 amide bonds. The number of anilines is 1. The van der Waals surface area contributed by atoms with Crippen LogP contribution in [0.15, 0.2) is 12.1 Å². The quantitative estimate of drug-likeness (QED) is 0.661. The van der Waals surface area contributed by atoms with E-state index in [-0.39, 0.29) is 5.69 Å². The molecule has 0 fully saturated rings. The lowest BCUT2D eigenvalue weighted by atomic mass is 10.3. The number of rotatable bonds is 1. The predicted octanol–water partition coefficient (Wildman–Crippen LogP) is 0.584. The summed E-state index contributed by atoms with van der Waals surface area (Å²) in [4.78, 5) is 14.4. The molecule has 0 aromatic carbocycles. The second kappa shape index (κ2) is 2.93. The summed E-state index contributed by atoms with van der Waals surface area (Å²) in [5.41, 5.74) is 0.0248. The monoisotopic (exact) mass is 180 g/mol. The number of nitrogens with one attached hydrogen (secondary N) is 1. The van der Waals surface area contributed by atoms with Gasteiger partial charge in [0.05, 0.1) is 6.54 Å². The molecule has 13 heavy (non-hydrogen) atoms. The number of ether oxygens (including phenoxy) is 1. The number of hydrogen-bond acceptors (Lipinski definition) is 4. The van der Waals surface area contributed by atoms with Gasteiger partial charge in [-0.1, -0.05) is 0 Å². The first-order valence-corrected chi connectivity index (χ1v) is 3.88. The number of fused-ring (bicyclic) bond motifs is 1. The lowest BCUT2D eigenvalue weighted by molar-refractivity contribution is 0.0690. The lowest BCUT2D eigenvalue weighted by Crippen LogP contribution is -2.19. The van der Waals surface area contributed by atoms with E-state index in [0.29, 0.717) is 24.7 Å². The van der Waals surface area contributed by atoms with Crippen LogP contribution in [0.1, 0.15) is 10.5 Å². The van der Waals surface area contributed by atoms with E-state index in [0.717, 1.165) is 0 Å². The Labute approximate surface area is 74.4 Å². The van der Waals surface area contributed by atoms with Crippen molar-refractivity contribution in [2.75, 3.05) is 18.5 Å². The predicted molar refractivity (Wildman–Crippen MR) is 45.2 cm³/mol. The Morgan fingerprint density at radius 3 is 3.23 bits per heavy atom. The van der Waals surface area contributed by atoms with Crippen LogP contribution in [-0.2, 0) is 0 Å². The minimum Gasteiger partial charge on any atom is -0.488 e. The van der Waals surface area contributed by atoms with E-state index in [2.05, 4.69) is 10.3 Å². The highest BCUT2D eigenvalue weighted by atomic mass is 16.5. The molecule has 68 valence electrons. The largest absolute Gasteiger partial charge is 0.488 e. The zero-order valence-electron chi connectivity index (χ0n) is 6.78. The van der Waals surface area contributed by atoms with E-state index in [1.807, 2.05) is 0 Å². The van der Waals surface area contributed by atoms with Crippen molar-refractivity contribution in [1.29, 1.82) is 0 Å². The Bertz CT molecular complexity index is 351. The molecule has 0 atom stereocenters. The van der Waals surface area contributed by atoms with Crippen LogP contribution in [0.2, 0.25) is 0 Å². The molecule has 0 unspecified atom stereocenters. The maximum absolute atomic E-state index is 10.6. The molecule has 0 aliphatic carbocycles. The third-order valence-corrected chi connectivity index (χ3v) is 1.73. The van der Waals surface area contributed by atoms with Gasteiger partial charge in [-0.15, -0.1) is 0 Å². The molecule has 1 aliphatic rings. The van der Waals surface area contributed by atoms with Crippen molar-refractivity contribution in [3.63, 3.8) is 0 Å². The fraction of sp³-hybridized carbons (Fsp3) is 0.250. The molecule has 0 saturated heterocycles. The van der Waals surface area contributed by atoms with E-state index in [9.17, 15) is 4.79 Å². The number of aromatic nitrogens is 1. The number of carboxylic acids is 1. The van der Waals surface area contributed by atoms with Crippen LogP contribution >= 0.6 is 0 Å². The van der Waals surface area contributed by atoms with Gasteiger partial charge in [0.15, 0.2) is 17.3 Å². The molecular weight excluding hydrogens is 172 g/mol. The summed E-state index contributed by atoms with van der Waals surface area (Å²) in [7, 11) is 0. The van der Waals surface area contributed by atoms with Crippen LogP contribution in [0.5, 0.6) is 5.75 Å². The minimum atomic E-state index is -1.03. The van der Waals surface area contributed by atoms with Gasteiger partial charge < -0.3 is 15.2 Å². The molecule has 0 spiro atoms. The second-order valence-electron chi connectivity index (χ2n) is 2.62. The Hall–Kier alpha value is -1.78. The highest BCUT2D eigenvalue weighted by Crippen LogP contribution is 2.24. The van der Waals surface area contributed by atoms with Gasteiger partial charge >= 0.3 is 5.97 Å². The van der Waals surface area contributed by atoms with Gasteiger partial charge in [0, 0.05) is 0 Å². The van der Waals surface area contributed by atoms with Gasteiger partial charge in [-0.05, 0) is 12.1 Å². The maximum Gasteiger partial charge on any atom is 0.354 e. The first-order chi connectivity index (χ1) is 6.27. The molecule has 0 saturated carbocycles. The topological polar surface area (TPSA) is 71.5 Å². The average Bonchev–Trinajstić information content (AvgIpc) is 2.17. The van der Waals surface area contributed by atoms with Crippen LogP contribution in [-0.4, -0.2) is 29.2 Å². The molecule has 5 nitrogen and oxygen atoms in total. The number of pyridine rings is 1. The molecule has 0 radical (unpaired) electrons. The SMILES string of the molecule is O=C(O)c1ccc2c(n1)NCCO2. The summed E-state index contributed by atoms with van der Waals surface area (Å²) in [6, 6.07) is 3.03. The Morgan fingerprint density at radius 1 is 1.62 bits per heavy atom. The third kappa shape index (κ3) is 1.40. The second-order valence-corrected chi connectivity index (χ2v) is 2.62. The fourth-order valence-electron chi connectivity index (χ4n) is 1.14. The Kier molecular flexibility index (Phi) is 1.77. The molecule has 2 heterocycles. The Balaban J connectivity index is 2.40.